The molecule has 0 saturated carbocycles. The highest BCUT2D eigenvalue weighted by Gasteiger charge is 2.26. The van der Waals surface area contributed by atoms with Crippen LogP contribution in [0.5, 0.6) is 0 Å². The van der Waals surface area contributed by atoms with E-state index < -0.39 is 11.9 Å². The number of piperazine rings is 1. The predicted octanol–water partition coefficient (Wildman–Crippen LogP) is 2.68. The molecule has 0 bridgehead atoms. The number of H-pyrrole nitrogens is 1. The van der Waals surface area contributed by atoms with Crippen LogP contribution >= 0.6 is 12.2 Å². The van der Waals surface area contributed by atoms with E-state index in [0.29, 0.717) is 36.5 Å². The minimum Gasteiger partial charge on any atom is -0.365 e. The summed E-state index contributed by atoms with van der Waals surface area (Å²) in [4.78, 5) is 35.0. The van der Waals surface area contributed by atoms with E-state index in [1.807, 2.05) is 30.0 Å². The van der Waals surface area contributed by atoms with E-state index in [1.165, 1.54) is 7.05 Å². The van der Waals surface area contributed by atoms with Gasteiger partial charge < -0.3 is 15.2 Å². The normalized spacial score (nSPS) is 16.8. The Kier molecular flexibility index (Phi) is 6.57. The molecule has 1 aromatic carbocycles. The van der Waals surface area contributed by atoms with E-state index in [-0.39, 0.29) is 17.4 Å². The molecule has 0 spiro atoms. The first kappa shape index (κ1) is 23.1. The molecule has 2 aromatic heterocycles. The van der Waals surface area contributed by atoms with Gasteiger partial charge in [0.1, 0.15) is 10.3 Å². The minimum absolute atomic E-state index is 0.0616. The Hall–Kier alpha value is -3.11. The van der Waals surface area contributed by atoms with Gasteiger partial charge in [-0.1, -0.05) is 18.3 Å². The summed E-state index contributed by atoms with van der Waals surface area (Å²) in [5, 5.41) is 3.31. The number of rotatable bonds is 5. The van der Waals surface area contributed by atoms with Crippen molar-refractivity contribution in [1.29, 1.82) is 0 Å². The van der Waals surface area contributed by atoms with Crippen LogP contribution in [0.4, 0.5) is 10.1 Å². The third-order valence-electron chi connectivity index (χ3n) is 6.14. The summed E-state index contributed by atoms with van der Waals surface area (Å²) in [5.74, 6) is -1.05. The van der Waals surface area contributed by atoms with Crippen LogP contribution in [0, 0.1) is 10.6 Å². The number of nitrogens with one attached hydrogen (secondary N) is 2. The molecule has 8 nitrogen and oxygen atoms in total. The van der Waals surface area contributed by atoms with Crippen molar-refractivity contribution in [2.75, 3.05) is 31.6 Å². The van der Waals surface area contributed by atoms with Crippen molar-refractivity contribution in [1.82, 2.24) is 24.8 Å². The average Bonchev–Trinajstić information content (AvgIpc) is 2.80. The van der Waals surface area contributed by atoms with E-state index in [0.717, 1.165) is 23.0 Å². The molecule has 10 heteroatoms. The topological polar surface area (TPSA) is 86.3 Å². The van der Waals surface area contributed by atoms with Crippen molar-refractivity contribution in [2.45, 2.75) is 33.0 Å². The third kappa shape index (κ3) is 4.53. The molecule has 1 atom stereocenters. The van der Waals surface area contributed by atoms with Crippen molar-refractivity contribution < 1.29 is 9.18 Å². The Morgan fingerprint density at radius 3 is 2.76 bits per heavy atom. The Balaban J connectivity index is 1.49. The lowest BCUT2D eigenvalue weighted by Crippen LogP contribution is -2.51. The highest BCUT2D eigenvalue weighted by molar-refractivity contribution is 7.71. The number of aromatic amines is 1. The average molecular weight is 471 g/mol. The second-order valence-corrected chi connectivity index (χ2v) is 8.60. The second kappa shape index (κ2) is 9.40. The first-order valence-corrected chi connectivity index (χ1v) is 11.4. The molecular formula is C23H27FN6O2S. The van der Waals surface area contributed by atoms with Crippen LogP contribution in [-0.2, 0) is 13.1 Å². The lowest BCUT2D eigenvalue weighted by molar-refractivity contribution is 0.0957. The molecule has 0 aliphatic carbocycles. The van der Waals surface area contributed by atoms with Gasteiger partial charge in [-0.3, -0.25) is 14.3 Å². The number of carbonyl (C=O) groups is 1. The smallest absolute Gasteiger partial charge is 0.326 e. The molecule has 1 unspecified atom stereocenters. The van der Waals surface area contributed by atoms with Crippen LogP contribution in [-0.4, -0.2) is 58.1 Å². The highest BCUT2D eigenvalue weighted by Crippen LogP contribution is 2.24. The van der Waals surface area contributed by atoms with Gasteiger partial charge in [0.15, 0.2) is 0 Å². The van der Waals surface area contributed by atoms with Crippen LogP contribution in [0.1, 0.15) is 29.9 Å². The summed E-state index contributed by atoms with van der Waals surface area (Å²) < 4.78 is 16.7. The quantitative estimate of drug-likeness (QED) is 0.441. The van der Waals surface area contributed by atoms with Gasteiger partial charge in [0.2, 0.25) is 5.95 Å². The maximum atomic E-state index is 14.6. The zero-order chi connectivity index (χ0) is 23.7. The number of hydrogen-bond donors (Lipinski definition) is 2. The Labute approximate surface area is 196 Å². The standard InChI is InChI=1S/C23H27FN6O2S/c1-4-30-22(33)16-6-5-15(11-18(16)27-23(30)32)13-28-9-10-29(12-14(28)2)19-8-7-17(21(31)25-3)26-20(19)24/h5-8,11,14H,4,9-10,12-13H2,1-3H3,(H,25,31)(H,27,32). The zero-order valence-electron chi connectivity index (χ0n) is 18.9. The van der Waals surface area contributed by atoms with E-state index in [1.54, 1.807) is 16.7 Å². The first-order chi connectivity index (χ1) is 15.8. The van der Waals surface area contributed by atoms with Crippen LogP contribution in [0.15, 0.2) is 35.1 Å². The van der Waals surface area contributed by atoms with Gasteiger partial charge in [0.25, 0.3) is 5.91 Å². The lowest BCUT2D eigenvalue weighted by atomic mass is 10.1. The molecule has 1 aliphatic heterocycles. The summed E-state index contributed by atoms with van der Waals surface area (Å²) in [5.41, 5.74) is 2.08. The van der Waals surface area contributed by atoms with Gasteiger partial charge in [-0.15, -0.1) is 0 Å². The van der Waals surface area contributed by atoms with E-state index in [4.69, 9.17) is 12.2 Å². The number of fused-ring (bicyclic) bond motifs is 1. The fourth-order valence-electron chi connectivity index (χ4n) is 4.29. The number of amides is 1. The largest absolute Gasteiger partial charge is 0.365 e. The molecule has 1 amide bonds. The Bertz CT molecular complexity index is 1320. The molecule has 1 saturated heterocycles. The highest BCUT2D eigenvalue weighted by atomic mass is 32.1. The fourth-order valence-corrected chi connectivity index (χ4v) is 4.68. The van der Waals surface area contributed by atoms with Crippen molar-refractivity contribution in [3.63, 3.8) is 0 Å². The number of pyridine rings is 1. The summed E-state index contributed by atoms with van der Waals surface area (Å²) in [6.45, 7) is 7.24. The number of anilines is 1. The van der Waals surface area contributed by atoms with Crippen molar-refractivity contribution >= 4 is 34.7 Å². The fraction of sp³-hybridized carbons (Fsp3) is 0.391. The summed E-state index contributed by atoms with van der Waals surface area (Å²) in [6.07, 6.45) is 0. The maximum Gasteiger partial charge on any atom is 0.326 e. The van der Waals surface area contributed by atoms with Crippen LogP contribution in [0.3, 0.4) is 0 Å². The summed E-state index contributed by atoms with van der Waals surface area (Å²) in [6, 6.07) is 9.30. The number of benzene rings is 1. The van der Waals surface area contributed by atoms with Gasteiger partial charge >= 0.3 is 5.69 Å². The van der Waals surface area contributed by atoms with Crippen LogP contribution in [0.2, 0.25) is 0 Å². The number of aromatic nitrogens is 3. The Morgan fingerprint density at radius 2 is 2.09 bits per heavy atom. The van der Waals surface area contributed by atoms with Crippen LogP contribution in [0.25, 0.3) is 10.9 Å². The monoisotopic (exact) mass is 470 g/mol. The molecule has 3 heterocycles. The number of nitrogens with zero attached hydrogens (tertiary/aromatic N) is 4. The lowest BCUT2D eigenvalue weighted by Gasteiger charge is -2.41. The summed E-state index contributed by atoms with van der Waals surface area (Å²) >= 11 is 5.47. The van der Waals surface area contributed by atoms with Crippen molar-refractivity contribution in [3.05, 3.63) is 62.7 Å². The van der Waals surface area contributed by atoms with Crippen LogP contribution < -0.4 is 15.9 Å². The molecule has 33 heavy (non-hydrogen) atoms. The van der Waals surface area contributed by atoms with E-state index in [2.05, 4.69) is 27.1 Å². The minimum atomic E-state index is -0.640. The molecule has 3 aromatic rings. The zero-order valence-corrected chi connectivity index (χ0v) is 19.7. The predicted molar refractivity (Wildman–Crippen MR) is 129 cm³/mol. The number of halogens is 1. The SMILES string of the molecule is CCn1c(=O)[nH]c2cc(CN3CCN(c4ccc(C(=O)NC)nc4F)CC3C)ccc2c1=S. The van der Waals surface area contributed by atoms with Crippen molar-refractivity contribution in [3.8, 4) is 0 Å². The molecule has 174 valence electrons. The first-order valence-electron chi connectivity index (χ1n) is 11.0. The molecule has 1 aliphatic rings. The molecule has 1 fully saturated rings. The van der Waals surface area contributed by atoms with E-state index >= 15 is 0 Å². The van der Waals surface area contributed by atoms with E-state index in [9.17, 15) is 14.0 Å². The number of carbonyl (C=O) groups excluding carboxylic acids is 1. The molecule has 4 rings (SSSR count). The summed E-state index contributed by atoms with van der Waals surface area (Å²) in [7, 11) is 1.49. The third-order valence-corrected chi connectivity index (χ3v) is 6.58. The molecule has 2 N–H and O–H groups in total. The van der Waals surface area contributed by atoms with Gasteiger partial charge in [-0.2, -0.15) is 4.39 Å². The maximum absolute atomic E-state index is 14.6. The van der Waals surface area contributed by atoms with Crippen molar-refractivity contribution in [2.24, 2.45) is 0 Å². The van der Waals surface area contributed by atoms with Gasteiger partial charge in [0.05, 0.1) is 11.2 Å². The van der Waals surface area contributed by atoms with Gasteiger partial charge in [-0.05, 0) is 43.7 Å². The van der Waals surface area contributed by atoms with Gasteiger partial charge in [-0.25, -0.2) is 9.78 Å². The number of hydrogen-bond acceptors (Lipinski definition) is 6. The Morgan fingerprint density at radius 1 is 1.30 bits per heavy atom. The molecule has 0 radical (unpaired) electrons. The molecular weight excluding hydrogens is 443 g/mol. The van der Waals surface area contributed by atoms with Gasteiger partial charge in [0, 0.05) is 51.2 Å². The second-order valence-electron chi connectivity index (χ2n) is 8.21.